The van der Waals surface area contributed by atoms with Gasteiger partial charge in [-0.2, -0.15) is 0 Å². The van der Waals surface area contributed by atoms with Crippen LogP contribution in [0, 0.1) is 0 Å². The third-order valence-corrected chi connectivity index (χ3v) is 4.17. The number of carbonyl (C=O) groups excluding carboxylic acids is 2. The average molecular weight is 289 g/mol. The lowest BCUT2D eigenvalue weighted by Gasteiger charge is -2.21. The summed E-state index contributed by atoms with van der Waals surface area (Å²) in [4.78, 5) is 31.7. The molecule has 112 valence electrons. The summed E-state index contributed by atoms with van der Waals surface area (Å²) in [6.07, 6.45) is 2.86. The normalized spacial score (nSPS) is 24.8. The Labute approximate surface area is 123 Å². The molecular weight excluding hydrogens is 270 g/mol. The predicted octanol–water partition coefficient (Wildman–Crippen LogP) is 1.31. The van der Waals surface area contributed by atoms with Gasteiger partial charge in [0.15, 0.2) is 5.60 Å². The number of rotatable bonds is 2. The zero-order valence-corrected chi connectivity index (χ0v) is 12.3. The molecule has 0 aliphatic carbocycles. The molecule has 1 spiro atoms. The molecular formula is C15H19N3O3. The molecule has 1 atom stereocenters. The Balaban J connectivity index is 1.74. The molecule has 6 nitrogen and oxygen atoms in total. The summed E-state index contributed by atoms with van der Waals surface area (Å²) in [6.45, 7) is 3.64. The highest BCUT2D eigenvalue weighted by atomic mass is 16.6. The number of likely N-dealkylation sites (N-methyl/N-ethyl adjacent to an activating group) is 1. The first-order chi connectivity index (χ1) is 10.0. The number of aryl methyl sites for hydroxylation is 1. The molecule has 2 aliphatic heterocycles. The molecule has 0 aromatic carbocycles. The van der Waals surface area contributed by atoms with Crippen molar-refractivity contribution >= 4 is 12.0 Å². The first kappa shape index (κ1) is 13.9. The quantitative estimate of drug-likeness (QED) is 0.823. The molecule has 1 aromatic rings. The van der Waals surface area contributed by atoms with Gasteiger partial charge >= 0.3 is 6.09 Å². The highest BCUT2D eigenvalue weighted by molar-refractivity contribution is 5.94. The number of hydrogen-bond donors (Lipinski definition) is 0. The molecule has 3 rings (SSSR count). The van der Waals surface area contributed by atoms with Gasteiger partial charge in [0.25, 0.3) is 5.91 Å². The number of ether oxygens (including phenoxy) is 1. The van der Waals surface area contributed by atoms with Crippen LogP contribution in [0.3, 0.4) is 0 Å². The van der Waals surface area contributed by atoms with Crippen LogP contribution >= 0.6 is 0 Å². The van der Waals surface area contributed by atoms with Crippen molar-refractivity contribution in [1.29, 1.82) is 0 Å². The number of amides is 2. The molecule has 21 heavy (non-hydrogen) atoms. The van der Waals surface area contributed by atoms with Crippen molar-refractivity contribution in [3.8, 4) is 0 Å². The molecule has 2 amide bonds. The molecule has 0 bridgehead atoms. The van der Waals surface area contributed by atoms with E-state index in [1.165, 1.54) is 0 Å². The molecule has 0 N–H and O–H groups in total. The van der Waals surface area contributed by atoms with Gasteiger partial charge in [0.2, 0.25) is 0 Å². The van der Waals surface area contributed by atoms with Gasteiger partial charge in [-0.15, -0.1) is 0 Å². The van der Waals surface area contributed by atoms with Crippen LogP contribution in [0.15, 0.2) is 18.3 Å². The zero-order valence-electron chi connectivity index (χ0n) is 12.3. The predicted molar refractivity (Wildman–Crippen MR) is 76.0 cm³/mol. The van der Waals surface area contributed by atoms with Crippen LogP contribution in [0.4, 0.5) is 4.79 Å². The van der Waals surface area contributed by atoms with Gasteiger partial charge in [-0.05, 0) is 18.6 Å². The number of likely N-dealkylation sites (tertiary alicyclic amines) is 1. The number of pyridine rings is 1. The zero-order chi connectivity index (χ0) is 15.0. The van der Waals surface area contributed by atoms with Crippen molar-refractivity contribution in [1.82, 2.24) is 14.8 Å². The van der Waals surface area contributed by atoms with Gasteiger partial charge in [0, 0.05) is 37.5 Å². The van der Waals surface area contributed by atoms with E-state index >= 15 is 0 Å². The first-order valence-electron chi connectivity index (χ1n) is 7.21. The summed E-state index contributed by atoms with van der Waals surface area (Å²) in [5.41, 5.74) is 1.03. The van der Waals surface area contributed by atoms with Gasteiger partial charge in [0.05, 0.1) is 13.1 Å². The lowest BCUT2D eigenvalue weighted by Crippen LogP contribution is -2.39. The third kappa shape index (κ3) is 2.46. The number of nitrogens with zero attached hydrogens (tertiary/aromatic N) is 3. The molecule has 2 fully saturated rings. The Morgan fingerprint density at radius 2 is 2.29 bits per heavy atom. The summed E-state index contributed by atoms with van der Waals surface area (Å²) >= 11 is 0. The second-order valence-electron chi connectivity index (χ2n) is 5.77. The Bertz CT molecular complexity index is 589. The molecule has 0 radical (unpaired) electrons. The van der Waals surface area contributed by atoms with Crippen molar-refractivity contribution in [2.45, 2.75) is 25.4 Å². The van der Waals surface area contributed by atoms with Crippen LogP contribution in [0.1, 0.15) is 29.4 Å². The first-order valence-corrected chi connectivity index (χ1v) is 7.21. The summed E-state index contributed by atoms with van der Waals surface area (Å²) in [6, 6.07) is 3.57. The van der Waals surface area contributed by atoms with E-state index in [-0.39, 0.29) is 12.0 Å². The molecule has 2 aliphatic rings. The van der Waals surface area contributed by atoms with Crippen LogP contribution in [-0.4, -0.2) is 59.1 Å². The van der Waals surface area contributed by atoms with Crippen LogP contribution in [0.25, 0.3) is 0 Å². The van der Waals surface area contributed by atoms with Crippen LogP contribution in [0.5, 0.6) is 0 Å². The molecule has 3 heterocycles. The fraction of sp³-hybridized carbons (Fsp3) is 0.533. The van der Waals surface area contributed by atoms with E-state index in [0.717, 1.165) is 12.1 Å². The third-order valence-electron chi connectivity index (χ3n) is 4.17. The maximum Gasteiger partial charge on any atom is 0.410 e. The maximum absolute atomic E-state index is 12.6. The van der Waals surface area contributed by atoms with E-state index in [2.05, 4.69) is 4.98 Å². The lowest BCUT2D eigenvalue weighted by atomic mass is 10.0. The van der Waals surface area contributed by atoms with Gasteiger partial charge in [-0.1, -0.05) is 6.92 Å². The highest BCUT2D eigenvalue weighted by Gasteiger charge is 2.49. The van der Waals surface area contributed by atoms with Gasteiger partial charge < -0.3 is 14.5 Å². The van der Waals surface area contributed by atoms with Crippen LogP contribution in [0.2, 0.25) is 0 Å². The van der Waals surface area contributed by atoms with Gasteiger partial charge in [-0.25, -0.2) is 4.79 Å². The SMILES string of the molecule is CCc1cc(C(=O)N2CC[C@]3(CN(C)C(=O)O3)C2)ccn1. The molecule has 0 saturated carbocycles. The summed E-state index contributed by atoms with van der Waals surface area (Å²) < 4.78 is 5.46. The van der Waals surface area contributed by atoms with Crippen LogP contribution < -0.4 is 0 Å². The minimum absolute atomic E-state index is 0.0189. The van der Waals surface area contributed by atoms with Gasteiger partial charge in [0.1, 0.15) is 0 Å². The molecule has 2 saturated heterocycles. The summed E-state index contributed by atoms with van der Waals surface area (Å²) in [5.74, 6) is -0.0189. The van der Waals surface area contributed by atoms with Crippen molar-refractivity contribution in [2.75, 3.05) is 26.7 Å². The van der Waals surface area contributed by atoms with Gasteiger partial charge in [-0.3, -0.25) is 9.78 Å². The van der Waals surface area contributed by atoms with E-state index in [1.54, 1.807) is 29.1 Å². The molecule has 0 unspecified atom stereocenters. The minimum Gasteiger partial charge on any atom is -0.439 e. The molecule has 6 heteroatoms. The Morgan fingerprint density at radius 1 is 1.48 bits per heavy atom. The maximum atomic E-state index is 12.6. The summed E-state index contributed by atoms with van der Waals surface area (Å²) in [7, 11) is 1.72. The van der Waals surface area contributed by atoms with E-state index in [0.29, 0.717) is 31.6 Å². The lowest BCUT2D eigenvalue weighted by molar-refractivity contribution is 0.0553. The standard InChI is InChI=1S/C15H19N3O3/c1-3-12-8-11(4-6-16-12)13(19)18-7-5-15(10-18)9-17(2)14(20)21-15/h4,6,8H,3,5,7,9-10H2,1-2H3/t15-/m0/s1. The van der Waals surface area contributed by atoms with Crippen molar-refractivity contribution < 1.29 is 14.3 Å². The monoisotopic (exact) mass is 289 g/mol. The second kappa shape index (κ2) is 5.02. The van der Waals surface area contributed by atoms with Crippen LogP contribution in [-0.2, 0) is 11.2 Å². The molecule has 1 aromatic heterocycles. The van der Waals surface area contributed by atoms with Crippen molar-refractivity contribution in [3.63, 3.8) is 0 Å². The number of aromatic nitrogens is 1. The Hall–Kier alpha value is -2.11. The van der Waals surface area contributed by atoms with E-state index in [9.17, 15) is 9.59 Å². The number of hydrogen-bond acceptors (Lipinski definition) is 4. The van der Waals surface area contributed by atoms with Crippen molar-refractivity contribution in [3.05, 3.63) is 29.6 Å². The van der Waals surface area contributed by atoms with E-state index in [1.807, 2.05) is 13.0 Å². The fourth-order valence-corrected chi connectivity index (χ4v) is 3.01. The smallest absolute Gasteiger partial charge is 0.410 e. The average Bonchev–Trinajstić information content (AvgIpc) is 3.02. The second-order valence-corrected chi connectivity index (χ2v) is 5.77. The van der Waals surface area contributed by atoms with Crippen molar-refractivity contribution in [2.24, 2.45) is 0 Å². The topological polar surface area (TPSA) is 62.7 Å². The fourth-order valence-electron chi connectivity index (χ4n) is 3.01. The Kier molecular flexibility index (Phi) is 3.31. The largest absolute Gasteiger partial charge is 0.439 e. The highest BCUT2D eigenvalue weighted by Crippen LogP contribution is 2.32. The van der Waals surface area contributed by atoms with E-state index in [4.69, 9.17) is 4.74 Å². The summed E-state index contributed by atoms with van der Waals surface area (Å²) in [5, 5.41) is 0. The van der Waals surface area contributed by atoms with E-state index < -0.39 is 5.60 Å². The Morgan fingerprint density at radius 3 is 2.95 bits per heavy atom. The number of carbonyl (C=O) groups is 2. The minimum atomic E-state index is -0.526.